The van der Waals surface area contributed by atoms with Crippen LogP contribution in [0.15, 0.2) is 35.3 Å². The lowest BCUT2D eigenvalue weighted by Gasteiger charge is -2.28. The van der Waals surface area contributed by atoms with Crippen molar-refractivity contribution in [2.75, 3.05) is 6.54 Å². The Morgan fingerprint density at radius 1 is 1.21 bits per heavy atom. The van der Waals surface area contributed by atoms with Crippen molar-refractivity contribution in [3.63, 3.8) is 0 Å². The van der Waals surface area contributed by atoms with Crippen molar-refractivity contribution in [3.8, 4) is 5.69 Å². The zero-order chi connectivity index (χ0) is 20.8. The van der Waals surface area contributed by atoms with E-state index in [0.717, 1.165) is 47.0 Å². The summed E-state index contributed by atoms with van der Waals surface area (Å²) in [5.41, 5.74) is 4.28. The van der Waals surface area contributed by atoms with Gasteiger partial charge in [-0.05, 0) is 31.2 Å². The molecule has 0 saturated heterocycles. The van der Waals surface area contributed by atoms with Gasteiger partial charge < -0.3 is 4.98 Å². The average Bonchev–Trinajstić information content (AvgIpc) is 3.02. The van der Waals surface area contributed by atoms with Gasteiger partial charge in [0.15, 0.2) is 0 Å². The third-order valence-corrected chi connectivity index (χ3v) is 5.34. The monoisotopic (exact) mass is 395 g/mol. The van der Waals surface area contributed by atoms with Crippen LogP contribution in [0.1, 0.15) is 49.1 Å². The Bertz CT molecular complexity index is 1090. The summed E-state index contributed by atoms with van der Waals surface area (Å²) in [6, 6.07) is 6.28. The molecule has 1 aliphatic heterocycles. The van der Waals surface area contributed by atoms with Crippen LogP contribution in [0.5, 0.6) is 0 Å². The molecule has 0 unspecified atom stereocenters. The molecule has 152 valence electrons. The number of aryl methyl sites for hydroxylation is 1. The second kappa shape index (κ2) is 7.22. The molecule has 0 amide bonds. The fraction of sp³-hybridized carbons (Fsp3) is 0.409. The molecule has 1 aromatic carbocycles. The average molecular weight is 395 g/mol. The minimum atomic E-state index is -0.265. The Morgan fingerprint density at radius 3 is 2.62 bits per heavy atom. The minimum Gasteiger partial charge on any atom is -0.310 e. The Labute approximate surface area is 169 Å². The number of aromatic nitrogens is 4. The van der Waals surface area contributed by atoms with Gasteiger partial charge in [-0.25, -0.2) is 14.1 Å². The number of fused-ring (bicyclic) bond motifs is 1. The van der Waals surface area contributed by atoms with E-state index >= 15 is 0 Å². The van der Waals surface area contributed by atoms with E-state index in [1.54, 1.807) is 16.8 Å². The van der Waals surface area contributed by atoms with E-state index in [2.05, 4.69) is 15.0 Å². The van der Waals surface area contributed by atoms with Gasteiger partial charge in [0.25, 0.3) is 5.56 Å². The summed E-state index contributed by atoms with van der Waals surface area (Å²) < 4.78 is 14.9. The van der Waals surface area contributed by atoms with Gasteiger partial charge in [0, 0.05) is 43.2 Å². The van der Waals surface area contributed by atoms with Gasteiger partial charge >= 0.3 is 0 Å². The van der Waals surface area contributed by atoms with Crippen molar-refractivity contribution in [1.29, 1.82) is 0 Å². The SMILES string of the molecule is Cc1nn(-c2ccc(F)cc2)cc1CN1CCc2nc(C(C)(C)C)[nH]c(=O)c2C1. The molecule has 0 saturated carbocycles. The predicted octanol–water partition coefficient (Wildman–Crippen LogP) is 3.26. The molecule has 0 atom stereocenters. The van der Waals surface area contributed by atoms with Crippen LogP contribution < -0.4 is 5.56 Å². The maximum absolute atomic E-state index is 13.2. The van der Waals surface area contributed by atoms with Crippen LogP contribution in [-0.2, 0) is 24.9 Å². The first-order valence-corrected chi connectivity index (χ1v) is 9.87. The molecule has 2 aromatic heterocycles. The molecule has 29 heavy (non-hydrogen) atoms. The fourth-order valence-corrected chi connectivity index (χ4v) is 3.59. The molecule has 1 N–H and O–H groups in total. The first-order valence-electron chi connectivity index (χ1n) is 9.87. The molecular weight excluding hydrogens is 369 g/mol. The molecule has 0 fully saturated rings. The Hall–Kier alpha value is -2.80. The quantitative estimate of drug-likeness (QED) is 0.739. The highest BCUT2D eigenvalue weighted by molar-refractivity contribution is 5.33. The van der Waals surface area contributed by atoms with E-state index in [1.165, 1.54) is 12.1 Å². The number of H-pyrrole nitrogens is 1. The third kappa shape index (κ3) is 4.00. The summed E-state index contributed by atoms with van der Waals surface area (Å²) >= 11 is 0. The highest BCUT2D eigenvalue weighted by Crippen LogP contribution is 2.22. The van der Waals surface area contributed by atoms with Crippen LogP contribution >= 0.6 is 0 Å². The number of aromatic amines is 1. The van der Waals surface area contributed by atoms with Crippen molar-refractivity contribution in [2.24, 2.45) is 0 Å². The van der Waals surface area contributed by atoms with E-state index in [4.69, 9.17) is 4.98 Å². The van der Waals surface area contributed by atoms with Gasteiger partial charge in [0.05, 0.1) is 22.6 Å². The molecule has 0 bridgehead atoms. The maximum Gasteiger partial charge on any atom is 0.255 e. The Kier molecular flexibility index (Phi) is 4.86. The third-order valence-electron chi connectivity index (χ3n) is 5.34. The summed E-state index contributed by atoms with van der Waals surface area (Å²) in [5, 5.41) is 4.56. The van der Waals surface area contributed by atoms with Crippen LogP contribution in [-0.4, -0.2) is 31.2 Å². The van der Waals surface area contributed by atoms with Crippen LogP contribution in [0, 0.1) is 12.7 Å². The van der Waals surface area contributed by atoms with E-state index in [1.807, 2.05) is 33.9 Å². The van der Waals surface area contributed by atoms with Crippen LogP contribution in [0.3, 0.4) is 0 Å². The number of benzene rings is 1. The van der Waals surface area contributed by atoms with Gasteiger partial charge in [-0.15, -0.1) is 0 Å². The Balaban J connectivity index is 1.54. The number of halogens is 1. The summed E-state index contributed by atoms with van der Waals surface area (Å²) in [6.45, 7) is 10.2. The molecule has 7 heteroatoms. The fourth-order valence-electron chi connectivity index (χ4n) is 3.59. The number of hydrogen-bond acceptors (Lipinski definition) is 4. The van der Waals surface area contributed by atoms with Crippen LogP contribution in [0.2, 0.25) is 0 Å². The number of rotatable bonds is 3. The van der Waals surface area contributed by atoms with Crippen molar-refractivity contribution in [1.82, 2.24) is 24.6 Å². The first-order chi connectivity index (χ1) is 13.7. The van der Waals surface area contributed by atoms with E-state index in [9.17, 15) is 9.18 Å². The maximum atomic E-state index is 13.2. The molecule has 3 heterocycles. The largest absolute Gasteiger partial charge is 0.310 e. The van der Waals surface area contributed by atoms with Gasteiger partial charge in [0.1, 0.15) is 11.6 Å². The van der Waals surface area contributed by atoms with Gasteiger partial charge in [-0.2, -0.15) is 5.10 Å². The predicted molar refractivity (Wildman–Crippen MR) is 110 cm³/mol. The lowest BCUT2D eigenvalue weighted by molar-refractivity contribution is 0.240. The summed E-state index contributed by atoms with van der Waals surface area (Å²) in [4.78, 5) is 22.6. The van der Waals surface area contributed by atoms with Crippen molar-refractivity contribution < 1.29 is 4.39 Å². The van der Waals surface area contributed by atoms with Gasteiger partial charge in [0.2, 0.25) is 0 Å². The molecule has 0 radical (unpaired) electrons. The number of hydrogen-bond donors (Lipinski definition) is 1. The number of nitrogens with one attached hydrogen (secondary N) is 1. The second-order valence-corrected chi connectivity index (χ2v) is 8.71. The van der Waals surface area contributed by atoms with E-state index in [0.29, 0.717) is 13.1 Å². The van der Waals surface area contributed by atoms with Crippen LogP contribution in [0.25, 0.3) is 5.69 Å². The van der Waals surface area contributed by atoms with Gasteiger partial charge in [-0.3, -0.25) is 9.69 Å². The summed E-state index contributed by atoms with van der Waals surface area (Å²) in [5.74, 6) is 0.476. The highest BCUT2D eigenvalue weighted by Gasteiger charge is 2.25. The zero-order valence-electron chi connectivity index (χ0n) is 17.3. The van der Waals surface area contributed by atoms with E-state index in [-0.39, 0.29) is 16.8 Å². The van der Waals surface area contributed by atoms with Crippen molar-refractivity contribution in [2.45, 2.75) is 52.6 Å². The molecule has 0 spiro atoms. The zero-order valence-corrected chi connectivity index (χ0v) is 17.3. The first kappa shape index (κ1) is 19.5. The summed E-state index contributed by atoms with van der Waals surface area (Å²) in [7, 11) is 0. The van der Waals surface area contributed by atoms with Gasteiger partial charge in [-0.1, -0.05) is 20.8 Å². The smallest absolute Gasteiger partial charge is 0.255 e. The number of nitrogens with zero attached hydrogens (tertiary/aromatic N) is 4. The molecule has 3 aromatic rings. The summed E-state index contributed by atoms with van der Waals surface area (Å²) in [6.07, 6.45) is 2.73. The molecule has 1 aliphatic rings. The minimum absolute atomic E-state index is 0.0386. The molecule has 0 aliphatic carbocycles. The van der Waals surface area contributed by atoms with Crippen molar-refractivity contribution >= 4 is 0 Å². The topological polar surface area (TPSA) is 66.8 Å². The standard InChI is InChI=1S/C22H26FN5O/c1-14-15(12-28(26-14)17-7-5-16(23)6-8-17)11-27-10-9-19-18(13-27)20(29)25-21(24-19)22(2,3)4/h5-8,12H,9-11,13H2,1-4H3,(H,24,25,29). The van der Waals surface area contributed by atoms with Crippen molar-refractivity contribution in [3.05, 3.63) is 75.0 Å². The molecule has 4 rings (SSSR count). The molecule has 6 nitrogen and oxygen atoms in total. The Morgan fingerprint density at radius 2 is 1.93 bits per heavy atom. The normalized spacial score (nSPS) is 14.8. The van der Waals surface area contributed by atoms with Crippen LogP contribution in [0.4, 0.5) is 4.39 Å². The lowest BCUT2D eigenvalue weighted by atomic mass is 9.95. The second-order valence-electron chi connectivity index (χ2n) is 8.71. The van der Waals surface area contributed by atoms with E-state index < -0.39 is 0 Å². The molecular formula is C22H26FN5O. The highest BCUT2D eigenvalue weighted by atomic mass is 19.1. The lowest BCUT2D eigenvalue weighted by Crippen LogP contribution is -2.37.